The van der Waals surface area contributed by atoms with E-state index in [1.807, 2.05) is 0 Å². The summed E-state index contributed by atoms with van der Waals surface area (Å²) in [5.41, 5.74) is 0.194. The lowest BCUT2D eigenvalue weighted by Crippen LogP contribution is -2.25. The van der Waals surface area contributed by atoms with Crippen LogP contribution in [0.25, 0.3) is 0 Å². The van der Waals surface area contributed by atoms with Gasteiger partial charge in [0.1, 0.15) is 0 Å². The van der Waals surface area contributed by atoms with Gasteiger partial charge in [0, 0.05) is 0 Å². The molecular formula is C14H24N2O2. The Labute approximate surface area is 110 Å². The Morgan fingerprint density at radius 3 is 2.11 bits per heavy atom. The van der Waals surface area contributed by atoms with Gasteiger partial charge in [-0.2, -0.15) is 0 Å². The van der Waals surface area contributed by atoms with E-state index in [-0.39, 0.29) is 5.41 Å². The zero-order valence-electron chi connectivity index (χ0n) is 11.7. The lowest BCUT2D eigenvalue weighted by Gasteiger charge is -2.34. The zero-order chi connectivity index (χ0) is 13.9. The largest absolute Gasteiger partial charge is 0.234 e. The lowest BCUT2D eigenvalue weighted by atomic mass is 9.72. The van der Waals surface area contributed by atoms with Gasteiger partial charge in [0.15, 0.2) is 0 Å². The van der Waals surface area contributed by atoms with Crippen molar-refractivity contribution in [3.05, 3.63) is 0 Å². The standard InChI is InChI=1S/C14H24N2O2/c1-4-13(10-16-12-18)9-14(5-2,6-3)7-8-15-11-17/h13H,4-10H2,1-3H3. The molecule has 0 aromatic heterocycles. The predicted molar refractivity (Wildman–Crippen MR) is 72.0 cm³/mol. The number of nitrogens with zero attached hydrogens (tertiary/aromatic N) is 2. The maximum absolute atomic E-state index is 10.2. The fourth-order valence-corrected chi connectivity index (χ4v) is 2.45. The van der Waals surface area contributed by atoms with Crippen LogP contribution in [0.4, 0.5) is 0 Å². The molecule has 0 aromatic carbocycles. The number of hydrogen-bond acceptors (Lipinski definition) is 4. The van der Waals surface area contributed by atoms with Crippen LogP contribution in [-0.4, -0.2) is 25.2 Å². The SMILES string of the molecule is CCC(CN=C=O)CC(CC)(CC)CCN=C=O. The summed E-state index contributed by atoms with van der Waals surface area (Å²) in [6.45, 7) is 7.55. The van der Waals surface area contributed by atoms with Gasteiger partial charge >= 0.3 is 0 Å². The molecule has 0 N–H and O–H groups in total. The Hall–Kier alpha value is -1.24. The Morgan fingerprint density at radius 2 is 1.67 bits per heavy atom. The summed E-state index contributed by atoms with van der Waals surface area (Å²) in [7, 11) is 0. The van der Waals surface area contributed by atoms with Crippen molar-refractivity contribution >= 4 is 12.2 Å². The van der Waals surface area contributed by atoms with Gasteiger partial charge in [-0.3, -0.25) is 0 Å². The zero-order valence-corrected chi connectivity index (χ0v) is 11.7. The smallest absolute Gasteiger partial charge is 0.211 e. The van der Waals surface area contributed by atoms with E-state index in [1.54, 1.807) is 12.2 Å². The van der Waals surface area contributed by atoms with Crippen LogP contribution in [0.2, 0.25) is 0 Å². The van der Waals surface area contributed by atoms with E-state index in [2.05, 4.69) is 30.8 Å². The third-order valence-electron chi connectivity index (χ3n) is 4.03. The second-order valence-electron chi connectivity index (χ2n) is 4.84. The average molecular weight is 252 g/mol. The third-order valence-corrected chi connectivity index (χ3v) is 4.03. The van der Waals surface area contributed by atoms with Crippen LogP contribution in [0.1, 0.15) is 52.9 Å². The molecule has 0 saturated carbocycles. The normalized spacial score (nSPS) is 12.4. The molecule has 4 nitrogen and oxygen atoms in total. The van der Waals surface area contributed by atoms with Crippen molar-refractivity contribution in [3.8, 4) is 0 Å². The third kappa shape index (κ3) is 5.90. The molecular weight excluding hydrogens is 228 g/mol. The molecule has 0 aliphatic heterocycles. The van der Waals surface area contributed by atoms with Crippen molar-refractivity contribution in [1.82, 2.24) is 0 Å². The highest BCUT2D eigenvalue weighted by molar-refractivity contribution is 5.33. The summed E-state index contributed by atoms with van der Waals surface area (Å²) in [5, 5.41) is 0. The Kier molecular flexibility index (Phi) is 9.08. The van der Waals surface area contributed by atoms with E-state index < -0.39 is 0 Å². The van der Waals surface area contributed by atoms with Gasteiger partial charge in [-0.15, -0.1) is 0 Å². The molecule has 0 aliphatic carbocycles. The van der Waals surface area contributed by atoms with Crippen molar-refractivity contribution in [2.45, 2.75) is 52.9 Å². The summed E-state index contributed by atoms with van der Waals surface area (Å²) in [6.07, 6.45) is 8.24. The highest BCUT2D eigenvalue weighted by Crippen LogP contribution is 2.38. The van der Waals surface area contributed by atoms with Gasteiger partial charge in [-0.05, 0) is 24.2 Å². The first-order chi connectivity index (χ1) is 8.67. The van der Waals surface area contributed by atoms with Crippen LogP contribution in [0.3, 0.4) is 0 Å². The molecule has 0 heterocycles. The lowest BCUT2D eigenvalue weighted by molar-refractivity contribution is 0.181. The molecule has 0 aromatic rings. The maximum atomic E-state index is 10.2. The molecule has 0 radical (unpaired) electrons. The molecule has 0 saturated heterocycles. The Morgan fingerprint density at radius 1 is 1.06 bits per heavy atom. The van der Waals surface area contributed by atoms with E-state index in [1.165, 1.54) is 0 Å². The second kappa shape index (κ2) is 9.76. The first kappa shape index (κ1) is 16.8. The fourth-order valence-electron chi connectivity index (χ4n) is 2.45. The van der Waals surface area contributed by atoms with E-state index in [4.69, 9.17) is 0 Å². The van der Waals surface area contributed by atoms with Crippen LogP contribution in [0.5, 0.6) is 0 Å². The molecule has 0 bridgehead atoms. The molecule has 4 heteroatoms. The molecule has 1 unspecified atom stereocenters. The molecule has 0 rings (SSSR count). The number of hydrogen-bond donors (Lipinski definition) is 0. The van der Waals surface area contributed by atoms with Gasteiger partial charge in [0.2, 0.25) is 12.2 Å². The van der Waals surface area contributed by atoms with Crippen molar-refractivity contribution < 1.29 is 9.59 Å². The topological polar surface area (TPSA) is 58.9 Å². The van der Waals surface area contributed by atoms with Gasteiger partial charge < -0.3 is 0 Å². The summed E-state index contributed by atoms with van der Waals surface area (Å²) in [4.78, 5) is 27.7. The predicted octanol–water partition coefficient (Wildman–Crippen LogP) is 3.27. The number of carbonyl (C=O) groups excluding carboxylic acids is 2. The van der Waals surface area contributed by atoms with Gasteiger partial charge in [-0.25, -0.2) is 19.6 Å². The highest BCUT2D eigenvalue weighted by atomic mass is 16.1. The van der Waals surface area contributed by atoms with Crippen LogP contribution in [0.15, 0.2) is 9.98 Å². The Balaban J connectivity index is 4.63. The quantitative estimate of drug-likeness (QED) is 0.442. The maximum Gasteiger partial charge on any atom is 0.234 e. The fraction of sp³-hybridized carbons (Fsp3) is 0.857. The van der Waals surface area contributed by atoms with E-state index in [0.717, 1.165) is 32.1 Å². The first-order valence-corrected chi connectivity index (χ1v) is 6.75. The minimum absolute atomic E-state index is 0.194. The molecule has 102 valence electrons. The van der Waals surface area contributed by atoms with E-state index in [0.29, 0.717) is 19.0 Å². The van der Waals surface area contributed by atoms with Crippen LogP contribution < -0.4 is 0 Å². The van der Waals surface area contributed by atoms with Gasteiger partial charge in [0.25, 0.3) is 0 Å². The molecule has 18 heavy (non-hydrogen) atoms. The van der Waals surface area contributed by atoms with Crippen molar-refractivity contribution in [2.75, 3.05) is 13.1 Å². The van der Waals surface area contributed by atoms with Gasteiger partial charge in [-0.1, -0.05) is 40.0 Å². The second-order valence-corrected chi connectivity index (χ2v) is 4.84. The first-order valence-electron chi connectivity index (χ1n) is 6.75. The highest BCUT2D eigenvalue weighted by Gasteiger charge is 2.28. The van der Waals surface area contributed by atoms with Crippen molar-refractivity contribution in [1.29, 1.82) is 0 Å². The molecule has 0 aliphatic rings. The van der Waals surface area contributed by atoms with Gasteiger partial charge in [0.05, 0.1) is 13.1 Å². The van der Waals surface area contributed by atoms with Crippen LogP contribution >= 0.6 is 0 Å². The molecule has 0 spiro atoms. The van der Waals surface area contributed by atoms with E-state index >= 15 is 0 Å². The number of aliphatic imine (C=N–C) groups is 2. The Bertz CT molecular complexity index is 312. The van der Waals surface area contributed by atoms with E-state index in [9.17, 15) is 9.59 Å². The average Bonchev–Trinajstić information content (AvgIpc) is 2.42. The number of rotatable bonds is 10. The summed E-state index contributed by atoms with van der Waals surface area (Å²) in [6, 6.07) is 0. The molecule has 0 amide bonds. The number of isocyanates is 2. The van der Waals surface area contributed by atoms with Crippen LogP contribution in [-0.2, 0) is 9.59 Å². The molecule has 0 fully saturated rings. The summed E-state index contributed by atoms with van der Waals surface area (Å²) >= 11 is 0. The summed E-state index contributed by atoms with van der Waals surface area (Å²) < 4.78 is 0. The minimum Gasteiger partial charge on any atom is -0.211 e. The summed E-state index contributed by atoms with van der Waals surface area (Å²) in [5.74, 6) is 0.409. The molecule has 1 atom stereocenters. The monoisotopic (exact) mass is 252 g/mol. The van der Waals surface area contributed by atoms with Crippen molar-refractivity contribution in [2.24, 2.45) is 21.3 Å². The minimum atomic E-state index is 0.194. The van der Waals surface area contributed by atoms with Crippen LogP contribution in [0, 0.1) is 11.3 Å². The van der Waals surface area contributed by atoms with Crippen molar-refractivity contribution in [3.63, 3.8) is 0 Å².